The number of nitrogens with one attached hydrogen (secondary N) is 1. The third-order valence-corrected chi connectivity index (χ3v) is 5.64. The quantitative estimate of drug-likeness (QED) is 0.679. The van der Waals surface area contributed by atoms with Crippen LogP contribution in [-0.2, 0) is 23.1 Å². The van der Waals surface area contributed by atoms with Crippen LogP contribution >= 0.6 is 0 Å². The molecular weight excluding hydrogens is 406 g/mol. The van der Waals surface area contributed by atoms with E-state index in [2.05, 4.69) is 15.6 Å². The van der Waals surface area contributed by atoms with Crippen molar-refractivity contribution in [2.45, 2.75) is 51.3 Å². The van der Waals surface area contributed by atoms with Crippen LogP contribution in [0.1, 0.15) is 44.2 Å². The largest absolute Gasteiger partial charge is 0.444 e. The smallest absolute Gasteiger partial charge is 0.410 e. The van der Waals surface area contributed by atoms with Crippen LogP contribution in [0.5, 0.6) is 0 Å². The average Bonchev–Trinajstić information content (AvgIpc) is 3.36. The summed E-state index contributed by atoms with van der Waals surface area (Å²) in [5, 5.41) is 11.1. The molecule has 168 valence electrons. The van der Waals surface area contributed by atoms with E-state index in [1.807, 2.05) is 76.3 Å². The first-order chi connectivity index (χ1) is 15.2. The molecular formula is C24H29N5O3. The normalized spacial score (nSPS) is 18.7. The van der Waals surface area contributed by atoms with Gasteiger partial charge in [-0.3, -0.25) is 9.69 Å². The van der Waals surface area contributed by atoms with Crippen LogP contribution < -0.4 is 5.32 Å². The number of hydrogen-bond acceptors (Lipinski definition) is 5. The number of likely N-dealkylation sites (tertiary alicyclic amines) is 1. The van der Waals surface area contributed by atoms with E-state index in [1.54, 1.807) is 9.58 Å². The van der Waals surface area contributed by atoms with Crippen molar-refractivity contribution in [2.75, 3.05) is 6.54 Å². The van der Waals surface area contributed by atoms with Crippen molar-refractivity contribution in [3.05, 3.63) is 59.7 Å². The molecule has 1 saturated heterocycles. The molecule has 8 heteroatoms. The van der Waals surface area contributed by atoms with Gasteiger partial charge in [0, 0.05) is 26.1 Å². The minimum atomic E-state index is -0.630. The number of carbonyl (C=O) groups excluding carboxylic acids is 2. The van der Waals surface area contributed by atoms with Crippen molar-refractivity contribution in [2.24, 2.45) is 7.05 Å². The summed E-state index contributed by atoms with van der Waals surface area (Å²) >= 11 is 0. The zero-order chi connectivity index (χ0) is 22.9. The number of hydrogen-bond donors (Lipinski definition) is 1. The molecule has 2 amide bonds. The topological polar surface area (TPSA) is 89.4 Å². The van der Waals surface area contributed by atoms with Crippen molar-refractivity contribution in [1.82, 2.24) is 25.2 Å². The molecule has 0 spiro atoms. The second-order valence-electron chi connectivity index (χ2n) is 9.25. The van der Waals surface area contributed by atoms with Gasteiger partial charge in [-0.05, 0) is 50.5 Å². The molecule has 2 heterocycles. The Morgan fingerprint density at radius 2 is 1.91 bits per heavy atom. The van der Waals surface area contributed by atoms with Crippen LogP contribution in [0.2, 0.25) is 0 Å². The summed E-state index contributed by atoms with van der Waals surface area (Å²) < 4.78 is 7.30. The van der Waals surface area contributed by atoms with Gasteiger partial charge in [0.05, 0.1) is 5.52 Å². The number of aryl methyl sites for hydroxylation is 1. The Hall–Kier alpha value is -3.42. The van der Waals surface area contributed by atoms with Gasteiger partial charge < -0.3 is 10.1 Å². The summed E-state index contributed by atoms with van der Waals surface area (Å²) in [5.41, 5.74) is 3.12. The van der Waals surface area contributed by atoms with E-state index in [0.717, 1.165) is 22.2 Å². The number of nitrogens with zero attached hydrogens (tertiary/aromatic N) is 4. The highest BCUT2D eigenvalue weighted by atomic mass is 16.6. The summed E-state index contributed by atoms with van der Waals surface area (Å²) in [6, 6.07) is 15.2. The molecule has 0 saturated carbocycles. The Labute approximate surface area is 187 Å². The highest BCUT2D eigenvalue weighted by molar-refractivity contribution is 5.86. The van der Waals surface area contributed by atoms with Gasteiger partial charge in [-0.2, -0.15) is 0 Å². The molecule has 2 aromatic carbocycles. The monoisotopic (exact) mass is 435 g/mol. The molecule has 0 radical (unpaired) electrons. The molecule has 0 unspecified atom stereocenters. The lowest BCUT2D eigenvalue weighted by Gasteiger charge is -2.28. The lowest BCUT2D eigenvalue weighted by Crippen LogP contribution is -2.47. The zero-order valence-electron chi connectivity index (χ0n) is 18.9. The van der Waals surface area contributed by atoms with Crippen LogP contribution in [0.15, 0.2) is 48.5 Å². The molecule has 1 aliphatic rings. The van der Waals surface area contributed by atoms with Gasteiger partial charge in [-0.1, -0.05) is 41.6 Å². The molecule has 32 heavy (non-hydrogen) atoms. The lowest BCUT2D eigenvalue weighted by atomic mass is 9.96. The van der Waals surface area contributed by atoms with Crippen LogP contribution in [-0.4, -0.2) is 50.1 Å². The van der Waals surface area contributed by atoms with Gasteiger partial charge >= 0.3 is 6.09 Å². The number of aromatic nitrogens is 3. The van der Waals surface area contributed by atoms with E-state index >= 15 is 0 Å². The summed E-state index contributed by atoms with van der Waals surface area (Å²) in [5.74, 6) is -0.107. The molecule has 1 aromatic heterocycles. The van der Waals surface area contributed by atoms with E-state index in [9.17, 15) is 9.59 Å². The second kappa shape index (κ2) is 8.61. The molecule has 1 fully saturated rings. The van der Waals surface area contributed by atoms with E-state index in [0.29, 0.717) is 19.5 Å². The fourth-order valence-corrected chi connectivity index (χ4v) is 4.08. The fraction of sp³-hybridized carbons (Fsp3) is 0.417. The third-order valence-electron chi connectivity index (χ3n) is 5.64. The number of rotatable bonds is 4. The van der Waals surface area contributed by atoms with E-state index in [4.69, 9.17) is 4.74 Å². The van der Waals surface area contributed by atoms with Crippen LogP contribution in [0.25, 0.3) is 11.0 Å². The van der Waals surface area contributed by atoms with Gasteiger partial charge in [0.25, 0.3) is 0 Å². The summed E-state index contributed by atoms with van der Waals surface area (Å²) in [7, 11) is 1.84. The Balaban J connectivity index is 1.49. The number of ether oxygens (including phenoxy) is 1. The van der Waals surface area contributed by atoms with Crippen molar-refractivity contribution >= 4 is 23.0 Å². The Morgan fingerprint density at radius 3 is 2.62 bits per heavy atom. The first kappa shape index (κ1) is 21.8. The number of carbonyl (C=O) groups is 2. The van der Waals surface area contributed by atoms with Crippen molar-refractivity contribution in [1.29, 1.82) is 0 Å². The highest BCUT2D eigenvalue weighted by Gasteiger charge is 2.41. The van der Waals surface area contributed by atoms with Gasteiger partial charge in [0.1, 0.15) is 17.2 Å². The first-order valence-electron chi connectivity index (χ1n) is 10.8. The van der Waals surface area contributed by atoms with Crippen molar-refractivity contribution in [3.63, 3.8) is 0 Å². The minimum Gasteiger partial charge on any atom is -0.444 e. The first-order valence-corrected chi connectivity index (χ1v) is 10.8. The predicted molar refractivity (Wildman–Crippen MR) is 121 cm³/mol. The minimum absolute atomic E-state index is 0.0791. The molecule has 4 rings (SSSR count). The molecule has 1 N–H and O–H groups in total. The Morgan fingerprint density at radius 1 is 1.16 bits per heavy atom. The maximum atomic E-state index is 13.2. The number of amides is 2. The maximum Gasteiger partial charge on any atom is 0.410 e. The summed E-state index contributed by atoms with van der Waals surface area (Å²) in [6.45, 7) is 6.27. The number of fused-ring (bicyclic) bond motifs is 1. The second-order valence-corrected chi connectivity index (χ2v) is 9.25. The third kappa shape index (κ3) is 4.74. The van der Waals surface area contributed by atoms with E-state index in [-0.39, 0.29) is 11.8 Å². The molecule has 0 bridgehead atoms. The van der Waals surface area contributed by atoms with Gasteiger partial charge in [0.2, 0.25) is 5.91 Å². The maximum absolute atomic E-state index is 13.2. The highest BCUT2D eigenvalue weighted by Crippen LogP contribution is 2.33. The molecule has 0 aliphatic carbocycles. The van der Waals surface area contributed by atoms with Crippen molar-refractivity contribution in [3.8, 4) is 0 Å². The standard InChI is InChI=1S/C24H29N5O3/c1-24(2,3)32-23(31)29-15-18(17-8-6-5-7-9-17)13-21(29)22(30)25-14-16-10-11-20-19(12-16)26-27-28(20)4/h5-12,18,21H,13-15H2,1-4H3,(H,25,30)/t18-,21+/m1/s1. The number of benzene rings is 2. The molecule has 2 atom stereocenters. The van der Waals surface area contributed by atoms with Crippen LogP contribution in [0, 0.1) is 0 Å². The van der Waals surface area contributed by atoms with Gasteiger partial charge in [-0.25, -0.2) is 9.48 Å². The lowest BCUT2D eigenvalue weighted by molar-refractivity contribution is -0.125. The average molecular weight is 436 g/mol. The molecule has 3 aromatic rings. The predicted octanol–water partition coefficient (Wildman–Crippen LogP) is 3.38. The Kier molecular flexibility index (Phi) is 5.86. The van der Waals surface area contributed by atoms with Crippen LogP contribution in [0.4, 0.5) is 4.79 Å². The summed E-state index contributed by atoms with van der Waals surface area (Å²) in [4.78, 5) is 27.6. The van der Waals surface area contributed by atoms with Crippen molar-refractivity contribution < 1.29 is 14.3 Å². The van der Waals surface area contributed by atoms with Crippen LogP contribution in [0.3, 0.4) is 0 Å². The zero-order valence-corrected chi connectivity index (χ0v) is 18.9. The molecule has 1 aliphatic heterocycles. The van der Waals surface area contributed by atoms with E-state index < -0.39 is 17.7 Å². The SMILES string of the molecule is Cn1nnc2cc(CNC(=O)[C@@H]3C[C@@H](c4ccccc4)CN3C(=O)OC(C)(C)C)ccc21. The molecule has 8 nitrogen and oxygen atoms in total. The Bertz CT molecular complexity index is 1120. The summed E-state index contributed by atoms with van der Waals surface area (Å²) in [6.07, 6.45) is 0.0928. The van der Waals surface area contributed by atoms with Gasteiger partial charge in [-0.15, -0.1) is 5.10 Å². The van der Waals surface area contributed by atoms with E-state index in [1.165, 1.54) is 0 Å². The van der Waals surface area contributed by atoms with Gasteiger partial charge in [0.15, 0.2) is 0 Å². The fourth-order valence-electron chi connectivity index (χ4n) is 4.08.